The third-order valence-corrected chi connectivity index (χ3v) is 3.96. The lowest BCUT2D eigenvalue weighted by molar-refractivity contribution is 0.0275. The predicted octanol–water partition coefficient (Wildman–Crippen LogP) is 1.89. The number of hydrogen-bond acceptors (Lipinski definition) is 6. The molecule has 3 rings (SSSR count). The number of nitrogens with zero attached hydrogens (tertiary/aromatic N) is 2. The predicted molar refractivity (Wildman–Crippen MR) is 90.2 cm³/mol. The molecule has 1 atom stereocenters. The van der Waals surface area contributed by atoms with E-state index in [4.69, 9.17) is 14.2 Å². The Hall–Kier alpha value is -2.09. The molecule has 1 aromatic heterocycles. The Balaban J connectivity index is 1.62. The first-order chi connectivity index (χ1) is 12.3. The molecule has 1 aliphatic rings. The Morgan fingerprint density at radius 3 is 2.80 bits per heavy atom. The number of rotatable bonds is 7. The van der Waals surface area contributed by atoms with Gasteiger partial charge >= 0.3 is 0 Å². The van der Waals surface area contributed by atoms with Crippen LogP contribution in [-0.2, 0) is 15.9 Å². The van der Waals surface area contributed by atoms with Gasteiger partial charge in [-0.25, -0.2) is 14.4 Å². The standard InChI is InChI=1S/C18H22FN3O3/c1-23-6-7-24-15-10-21-18(22-11-15)9-13-2-3-14(8-16(13)19)17-12-20-4-5-25-17/h2-3,8,10-11,17,20H,4-7,9,12H2,1H3/t17-/m0/s1. The lowest BCUT2D eigenvalue weighted by Gasteiger charge is -2.24. The summed E-state index contributed by atoms with van der Waals surface area (Å²) in [6.07, 6.45) is 3.41. The zero-order chi connectivity index (χ0) is 17.5. The zero-order valence-electron chi connectivity index (χ0n) is 14.2. The van der Waals surface area contributed by atoms with E-state index in [0.717, 1.165) is 12.1 Å². The van der Waals surface area contributed by atoms with Crippen LogP contribution in [-0.4, -0.2) is 50.0 Å². The van der Waals surface area contributed by atoms with Crippen LogP contribution in [0.5, 0.6) is 5.75 Å². The maximum atomic E-state index is 14.4. The molecular formula is C18H22FN3O3. The number of methoxy groups -OCH3 is 1. The Bertz CT molecular complexity index is 676. The van der Waals surface area contributed by atoms with E-state index in [1.165, 1.54) is 6.07 Å². The van der Waals surface area contributed by atoms with Crippen molar-refractivity contribution in [3.05, 3.63) is 53.4 Å². The first-order valence-corrected chi connectivity index (χ1v) is 8.29. The summed E-state index contributed by atoms with van der Waals surface area (Å²) in [7, 11) is 1.61. The quantitative estimate of drug-likeness (QED) is 0.772. The van der Waals surface area contributed by atoms with Crippen molar-refractivity contribution in [3.63, 3.8) is 0 Å². The molecule has 0 bridgehead atoms. The van der Waals surface area contributed by atoms with Gasteiger partial charge in [0, 0.05) is 26.6 Å². The third kappa shape index (κ3) is 4.94. The monoisotopic (exact) mass is 347 g/mol. The van der Waals surface area contributed by atoms with Crippen LogP contribution in [0.1, 0.15) is 23.1 Å². The van der Waals surface area contributed by atoms with Crippen molar-refractivity contribution in [2.24, 2.45) is 0 Å². The fraction of sp³-hybridized carbons (Fsp3) is 0.444. The van der Waals surface area contributed by atoms with E-state index >= 15 is 0 Å². The highest BCUT2D eigenvalue weighted by Crippen LogP contribution is 2.22. The maximum Gasteiger partial charge on any atom is 0.156 e. The molecule has 6 nitrogen and oxygen atoms in total. The second kappa shape index (κ2) is 8.84. The van der Waals surface area contributed by atoms with Crippen molar-refractivity contribution in [1.29, 1.82) is 0 Å². The molecule has 1 N–H and O–H groups in total. The van der Waals surface area contributed by atoms with Crippen LogP contribution in [0.3, 0.4) is 0 Å². The Morgan fingerprint density at radius 2 is 2.12 bits per heavy atom. The van der Waals surface area contributed by atoms with Gasteiger partial charge in [-0.2, -0.15) is 0 Å². The molecule has 134 valence electrons. The molecule has 2 heterocycles. The van der Waals surface area contributed by atoms with Crippen molar-refractivity contribution >= 4 is 0 Å². The molecule has 0 unspecified atom stereocenters. The lowest BCUT2D eigenvalue weighted by Crippen LogP contribution is -2.33. The average Bonchev–Trinajstić information content (AvgIpc) is 2.66. The summed E-state index contributed by atoms with van der Waals surface area (Å²) < 4.78 is 30.4. The van der Waals surface area contributed by atoms with Crippen LogP contribution in [0.25, 0.3) is 0 Å². The second-order valence-corrected chi connectivity index (χ2v) is 5.77. The number of aromatic nitrogens is 2. The molecule has 0 aliphatic carbocycles. The highest BCUT2D eigenvalue weighted by atomic mass is 19.1. The summed E-state index contributed by atoms with van der Waals surface area (Å²) in [5.74, 6) is 0.843. The van der Waals surface area contributed by atoms with Gasteiger partial charge in [0.2, 0.25) is 0 Å². The van der Waals surface area contributed by atoms with Gasteiger partial charge in [-0.1, -0.05) is 12.1 Å². The third-order valence-electron chi connectivity index (χ3n) is 3.96. The summed E-state index contributed by atoms with van der Waals surface area (Å²) in [6.45, 7) is 3.11. The van der Waals surface area contributed by atoms with Crippen LogP contribution >= 0.6 is 0 Å². The van der Waals surface area contributed by atoms with E-state index in [9.17, 15) is 4.39 Å². The SMILES string of the molecule is COCCOc1cnc(Cc2ccc([C@@H]3CNCCO3)cc2F)nc1. The summed E-state index contributed by atoms with van der Waals surface area (Å²) in [5, 5.41) is 3.24. The van der Waals surface area contributed by atoms with E-state index in [-0.39, 0.29) is 11.9 Å². The number of ether oxygens (including phenoxy) is 3. The Morgan fingerprint density at radius 1 is 1.28 bits per heavy atom. The number of nitrogens with one attached hydrogen (secondary N) is 1. The van der Waals surface area contributed by atoms with Gasteiger partial charge in [-0.05, 0) is 17.2 Å². The molecule has 1 fully saturated rings. The Kier molecular flexibility index (Phi) is 6.27. The van der Waals surface area contributed by atoms with Crippen LogP contribution < -0.4 is 10.1 Å². The number of hydrogen-bond donors (Lipinski definition) is 1. The first kappa shape index (κ1) is 17.7. The molecule has 25 heavy (non-hydrogen) atoms. The number of morpholine rings is 1. The first-order valence-electron chi connectivity index (χ1n) is 8.29. The van der Waals surface area contributed by atoms with E-state index < -0.39 is 0 Å². The fourth-order valence-electron chi connectivity index (χ4n) is 2.61. The zero-order valence-corrected chi connectivity index (χ0v) is 14.2. The summed E-state index contributed by atoms with van der Waals surface area (Å²) >= 11 is 0. The minimum atomic E-state index is -0.268. The summed E-state index contributed by atoms with van der Waals surface area (Å²) in [4.78, 5) is 8.46. The second-order valence-electron chi connectivity index (χ2n) is 5.77. The molecule has 1 aromatic carbocycles. The molecule has 1 saturated heterocycles. The number of benzene rings is 1. The molecule has 0 amide bonds. The minimum Gasteiger partial charge on any atom is -0.488 e. The Labute approximate surface area is 146 Å². The van der Waals surface area contributed by atoms with Gasteiger partial charge in [0.05, 0.1) is 31.7 Å². The largest absolute Gasteiger partial charge is 0.488 e. The van der Waals surface area contributed by atoms with Gasteiger partial charge in [0.1, 0.15) is 18.2 Å². The topological polar surface area (TPSA) is 65.5 Å². The van der Waals surface area contributed by atoms with Crippen molar-refractivity contribution < 1.29 is 18.6 Å². The van der Waals surface area contributed by atoms with Gasteiger partial charge in [-0.15, -0.1) is 0 Å². The molecule has 1 aliphatic heterocycles. The smallest absolute Gasteiger partial charge is 0.156 e. The minimum absolute atomic E-state index is 0.0999. The lowest BCUT2D eigenvalue weighted by atomic mass is 10.0. The van der Waals surface area contributed by atoms with Crippen molar-refractivity contribution in [3.8, 4) is 5.75 Å². The average molecular weight is 347 g/mol. The molecule has 0 radical (unpaired) electrons. The summed E-state index contributed by atoms with van der Waals surface area (Å²) in [5.41, 5.74) is 1.40. The van der Waals surface area contributed by atoms with E-state index in [1.807, 2.05) is 6.07 Å². The maximum absolute atomic E-state index is 14.4. The van der Waals surface area contributed by atoms with E-state index in [1.54, 1.807) is 25.6 Å². The van der Waals surface area contributed by atoms with E-state index in [0.29, 0.717) is 49.9 Å². The van der Waals surface area contributed by atoms with Crippen LogP contribution in [0.2, 0.25) is 0 Å². The van der Waals surface area contributed by atoms with Gasteiger partial charge in [0.25, 0.3) is 0 Å². The van der Waals surface area contributed by atoms with Crippen LogP contribution in [0.15, 0.2) is 30.6 Å². The molecule has 0 saturated carbocycles. The molecular weight excluding hydrogens is 325 g/mol. The molecule has 0 spiro atoms. The molecule has 7 heteroatoms. The van der Waals surface area contributed by atoms with Crippen LogP contribution in [0, 0.1) is 5.82 Å². The summed E-state index contributed by atoms with van der Waals surface area (Å²) in [6, 6.07) is 5.21. The van der Waals surface area contributed by atoms with Crippen molar-refractivity contribution in [2.75, 3.05) is 40.0 Å². The van der Waals surface area contributed by atoms with Gasteiger partial charge in [-0.3, -0.25) is 0 Å². The van der Waals surface area contributed by atoms with Gasteiger partial charge < -0.3 is 19.5 Å². The van der Waals surface area contributed by atoms with Crippen molar-refractivity contribution in [2.45, 2.75) is 12.5 Å². The fourth-order valence-corrected chi connectivity index (χ4v) is 2.61. The number of halogens is 1. The molecule has 2 aromatic rings. The van der Waals surface area contributed by atoms with E-state index in [2.05, 4.69) is 15.3 Å². The van der Waals surface area contributed by atoms with Crippen LogP contribution in [0.4, 0.5) is 4.39 Å². The highest BCUT2D eigenvalue weighted by Gasteiger charge is 2.17. The highest BCUT2D eigenvalue weighted by molar-refractivity contribution is 5.28. The van der Waals surface area contributed by atoms with Gasteiger partial charge in [0.15, 0.2) is 5.75 Å². The normalized spacial score (nSPS) is 17.4. The van der Waals surface area contributed by atoms with Crippen molar-refractivity contribution in [1.82, 2.24) is 15.3 Å².